The van der Waals surface area contributed by atoms with Crippen molar-refractivity contribution in [3.05, 3.63) is 0 Å². The zero-order valence-corrected chi connectivity index (χ0v) is 9.17. The Morgan fingerprint density at radius 2 is 1.27 bits per heavy atom. The molecule has 0 aromatic rings. The van der Waals surface area contributed by atoms with Gasteiger partial charge in [0.25, 0.3) is 6.69 Å². The first-order chi connectivity index (χ1) is 5.12. The SMILES string of the molecule is NCCC[Si](Cl)(Cl)CCCN. The van der Waals surface area contributed by atoms with Gasteiger partial charge >= 0.3 is 0 Å². The van der Waals surface area contributed by atoms with Crippen LogP contribution in [0.1, 0.15) is 12.8 Å². The van der Waals surface area contributed by atoms with E-state index in [1.165, 1.54) is 0 Å². The van der Waals surface area contributed by atoms with E-state index >= 15 is 0 Å². The fraction of sp³-hybridized carbons (Fsp3) is 1.00. The fourth-order valence-corrected chi connectivity index (χ4v) is 4.14. The number of hydrogen-bond donors (Lipinski definition) is 2. The molecule has 0 bridgehead atoms. The zero-order chi connectivity index (χ0) is 8.74. The molecule has 0 heterocycles. The van der Waals surface area contributed by atoms with Gasteiger partial charge in [-0.15, -0.1) is 22.2 Å². The normalized spacial score (nSPS) is 12.0. The highest BCUT2D eigenvalue weighted by atomic mass is 35.7. The van der Waals surface area contributed by atoms with Crippen LogP contribution in [0.3, 0.4) is 0 Å². The largest absolute Gasteiger partial charge is 0.330 e. The van der Waals surface area contributed by atoms with Crippen LogP contribution >= 0.6 is 22.2 Å². The molecule has 0 aliphatic carbocycles. The summed E-state index contributed by atoms with van der Waals surface area (Å²) in [6, 6.07) is 1.79. The van der Waals surface area contributed by atoms with Gasteiger partial charge in [-0.25, -0.2) is 0 Å². The Morgan fingerprint density at radius 1 is 0.909 bits per heavy atom. The third-order valence-corrected chi connectivity index (χ3v) is 5.93. The highest BCUT2D eigenvalue weighted by molar-refractivity contribution is 7.45. The lowest BCUT2D eigenvalue weighted by atomic mass is 10.5. The predicted molar refractivity (Wildman–Crippen MR) is 54.4 cm³/mol. The molecule has 68 valence electrons. The van der Waals surface area contributed by atoms with E-state index in [0.29, 0.717) is 13.1 Å². The second kappa shape index (κ2) is 6.26. The molecular formula is C6H16Cl2N2Si. The Labute approximate surface area is 78.6 Å². The third kappa shape index (κ3) is 7.09. The molecule has 0 unspecified atom stereocenters. The molecular weight excluding hydrogens is 199 g/mol. The Kier molecular flexibility index (Phi) is 6.66. The molecule has 0 rings (SSSR count). The van der Waals surface area contributed by atoms with Crippen LogP contribution in [0.4, 0.5) is 0 Å². The van der Waals surface area contributed by atoms with Crippen molar-refractivity contribution in [3.8, 4) is 0 Å². The molecule has 4 N–H and O–H groups in total. The van der Waals surface area contributed by atoms with E-state index in [1.54, 1.807) is 0 Å². The average molecular weight is 215 g/mol. The second-order valence-corrected chi connectivity index (χ2v) is 10.3. The van der Waals surface area contributed by atoms with E-state index in [9.17, 15) is 0 Å². The highest BCUT2D eigenvalue weighted by Gasteiger charge is 2.26. The lowest BCUT2D eigenvalue weighted by Gasteiger charge is -2.14. The summed E-state index contributed by atoms with van der Waals surface area (Å²) in [5, 5.41) is 0. The summed E-state index contributed by atoms with van der Waals surface area (Å²) >= 11 is 12.2. The topological polar surface area (TPSA) is 52.0 Å². The molecule has 0 radical (unpaired) electrons. The molecule has 11 heavy (non-hydrogen) atoms. The molecule has 0 saturated heterocycles. The molecule has 0 aromatic heterocycles. The van der Waals surface area contributed by atoms with Gasteiger partial charge in [0.1, 0.15) is 0 Å². The number of hydrogen-bond acceptors (Lipinski definition) is 2. The third-order valence-electron chi connectivity index (χ3n) is 1.49. The zero-order valence-electron chi connectivity index (χ0n) is 6.65. The number of halogens is 2. The van der Waals surface area contributed by atoms with Gasteiger partial charge < -0.3 is 11.5 Å². The van der Waals surface area contributed by atoms with Gasteiger partial charge in [-0.05, 0) is 38.0 Å². The van der Waals surface area contributed by atoms with Gasteiger partial charge in [0.15, 0.2) is 0 Å². The van der Waals surface area contributed by atoms with Crippen molar-refractivity contribution in [2.24, 2.45) is 11.5 Å². The van der Waals surface area contributed by atoms with Gasteiger partial charge in [-0.2, -0.15) is 0 Å². The van der Waals surface area contributed by atoms with Crippen molar-refractivity contribution in [3.63, 3.8) is 0 Å². The van der Waals surface area contributed by atoms with Gasteiger partial charge in [0.05, 0.1) is 0 Å². The smallest absolute Gasteiger partial charge is 0.251 e. The summed E-state index contributed by atoms with van der Waals surface area (Å²) in [5.74, 6) is 0. The van der Waals surface area contributed by atoms with Gasteiger partial charge in [-0.1, -0.05) is 0 Å². The van der Waals surface area contributed by atoms with Crippen LogP contribution in [0.5, 0.6) is 0 Å². The van der Waals surface area contributed by atoms with E-state index < -0.39 is 6.69 Å². The maximum absolute atomic E-state index is 6.09. The van der Waals surface area contributed by atoms with Gasteiger partial charge in [0, 0.05) is 0 Å². The summed E-state index contributed by atoms with van der Waals surface area (Å²) in [4.78, 5) is 0. The van der Waals surface area contributed by atoms with E-state index in [0.717, 1.165) is 24.9 Å². The van der Waals surface area contributed by atoms with Gasteiger partial charge in [-0.3, -0.25) is 0 Å². The quantitative estimate of drug-likeness (QED) is 0.522. The first-order valence-corrected chi connectivity index (χ1v) is 8.34. The van der Waals surface area contributed by atoms with Crippen LogP contribution in [0.25, 0.3) is 0 Å². The predicted octanol–water partition coefficient (Wildman–Crippen LogP) is 1.60. The summed E-state index contributed by atoms with van der Waals surface area (Å²) in [7, 11) is 0. The van der Waals surface area contributed by atoms with E-state index in [4.69, 9.17) is 33.6 Å². The van der Waals surface area contributed by atoms with Crippen molar-refractivity contribution < 1.29 is 0 Å². The van der Waals surface area contributed by atoms with Crippen molar-refractivity contribution in [1.29, 1.82) is 0 Å². The van der Waals surface area contributed by atoms with E-state index in [2.05, 4.69) is 0 Å². The first kappa shape index (κ1) is 11.7. The van der Waals surface area contributed by atoms with E-state index in [-0.39, 0.29) is 0 Å². The molecule has 0 saturated carbocycles. The number of nitrogens with two attached hydrogens (primary N) is 2. The Bertz CT molecular complexity index is 90.6. The highest BCUT2D eigenvalue weighted by Crippen LogP contribution is 2.27. The Hall–Kier alpha value is 0.717. The Morgan fingerprint density at radius 3 is 1.55 bits per heavy atom. The average Bonchev–Trinajstić information content (AvgIpc) is 1.97. The van der Waals surface area contributed by atoms with Crippen LogP contribution in [0.15, 0.2) is 0 Å². The van der Waals surface area contributed by atoms with Crippen LogP contribution in [-0.4, -0.2) is 19.8 Å². The Balaban J connectivity index is 3.43. The molecule has 0 aromatic carbocycles. The lowest BCUT2D eigenvalue weighted by molar-refractivity contribution is 0.888. The molecule has 0 atom stereocenters. The second-order valence-electron chi connectivity index (χ2n) is 2.64. The molecule has 5 heteroatoms. The number of rotatable bonds is 6. The summed E-state index contributed by atoms with van der Waals surface area (Å²) in [5.41, 5.74) is 10.7. The monoisotopic (exact) mass is 214 g/mol. The minimum absolute atomic E-state index is 0.677. The van der Waals surface area contributed by atoms with Crippen LogP contribution in [-0.2, 0) is 0 Å². The minimum Gasteiger partial charge on any atom is -0.330 e. The van der Waals surface area contributed by atoms with Crippen LogP contribution < -0.4 is 11.5 Å². The fourth-order valence-electron chi connectivity index (χ4n) is 0.846. The molecule has 0 aliphatic rings. The van der Waals surface area contributed by atoms with E-state index in [1.807, 2.05) is 0 Å². The molecule has 0 amide bonds. The summed E-state index contributed by atoms with van der Waals surface area (Å²) in [6.07, 6.45) is 1.87. The minimum atomic E-state index is -1.96. The molecule has 2 nitrogen and oxygen atoms in total. The maximum atomic E-state index is 6.09. The molecule has 0 fully saturated rings. The molecule has 0 spiro atoms. The lowest BCUT2D eigenvalue weighted by Crippen LogP contribution is -2.21. The van der Waals surface area contributed by atoms with Gasteiger partial charge in [0.2, 0.25) is 0 Å². The molecule has 0 aliphatic heterocycles. The summed E-state index contributed by atoms with van der Waals surface area (Å²) in [6.45, 7) is -0.606. The van der Waals surface area contributed by atoms with Crippen molar-refractivity contribution in [2.75, 3.05) is 13.1 Å². The first-order valence-electron chi connectivity index (χ1n) is 3.90. The van der Waals surface area contributed by atoms with Crippen molar-refractivity contribution in [2.45, 2.75) is 24.9 Å². The van der Waals surface area contributed by atoms with Crippen molar-refractivity contribution >= 4 is 28.9 Å². The standard InChI is InChI=1S/C6H16Cl2N2Si/c7-11(8,5-1-3-9)6-2-4-10/h1-6,9-10H2. The van der Waals surface area contributed by atoms with Crippen LogP contribution in [0, 0.1) is 0 Å². The van der Waals surface area contributed by atoms with Crippen LogP contribution in [0.2, 0.25) is 12.1 Å². The van der Waals surface area contributed by atoms with Crippen molar-refractivity contribution in [1.82, 2.24) is 0 Å². The maximum Gasteiger partial charge on any atom is 0.251 e. The summed E-state index contributed by atoms with van der Waals surface area (Å²) < 4.78 is 0.